The van der Waals surface area contributed by atoms with Crippen LogP contribution in [0.1, 0.15) is 31.1 Å². The largest absolute Gasteiger partial charge is 0.492 e. The van der Waals surface area contributed by atoms with Gasteiger partial charge in [0.2, 0.25) is 5.91 Å². The van der Waals surface area contributed by atoms with Crippen LogP contribution in [0.15, 0.2) is 48.5 Å². The predicted molar refractivity (Wildman–Crippen MR) is 104 cm³/mol. The number of nitrogens with one attached hydrogen (secondary N) is 2. The van der Waals surface area contributed by atoms with Crippen molar-refractivity contribution < 1.29 is 14.3 Å². The molecule has 2 rings (SSSR count). The van der Waals surface area contributed by atoms with E-state index in [-0.39, 0.29) is 11.8 Å². The lowest BCUT2D eigenvalue weighted by Crippen LogP contribution is -2.29. The number of hydrogen-bond donors (Lipinski definition) is 2. The molecule has 0 aromatic heterocycles. The molecule has 2 aromatic rings. The molecule has 6 heteroatoms. The van der Waals surface area contributed by atoms with Gasteiger partial charge < -0.3 is 15.4 Å². The van der Waals surface area contributed by atoms with Crippen molar-refractivity contribution >= 4 is 29.1 Å². The van der Waals surface area contributed by atoms with E-state index in [4.69, 9.17) is 16.3 Å². The maximum absolute atomic E-state index is 12.2. The number of carbonyl (C=O) groups is 2. The Morgan fingerprint density at radius 2 is 1.77 bits per heavy atom. The van der Waals surface area contributed by atoms with Crippen LogP contribution >= 0.6 is 11.6 Å². The van der Waals surface area contributed by atoms with Gasteiger partial charge in [0.05, 0.1) is 6.54 Å². The summed E-state index contributed by atoms with van der Waals surface area (Å²) in [5, 5.41) is 6.25. The van der Waals surface area contributed by atoms with Gasteiger partial charge in [-0.3, -0.25) is 9.59 Å². The monoisotopic (exact) mass is 374 g/mol. The summed E-state index contributed by atoms with van der Waals surface area (Å²) in [5.74, 6) is 0.360. The van der Waals surface area contributed by atoms with E-state index in [0.29, 0.717) is 35.2 Å². The molecule has 2 aromatic carbocycles. The van der Waals surface area contributed by atoms with E-state index in [1.807, 2.05) is 20.8 Å². The minimum atomic E-state index is -0.503. The van der Waals surface area contributed by atoms with Crippen LogP contribution < -0.4 is 15.4 Å². The summed E-state index contributed by atoms with van der Waals surface area (Å²) in [4.78, 5) is 24.3. The van der Waals surface area contributed by atoms with Crippen molar-refractivity contribution in [2.24, 2.45) is 5.41 Å². The molecule has 5 nitrogen and oxygen atoms in total. The molecule has 138 valence electrons. The fourth-order valence-corrected chi connectivity index (χ4v) is 2.15. The normalized spacial score (nSPS) is 10.9. The number of halogens is 1. The highest BCUT2D eigenvalue weighted by atomic mass is 35.5. The van der Waals surface area contributed by atoms with Crippen LogP contribution in [-0.4, -0.2) is 25.0 Å². The molecule has 0 saturated heterocycles. The molecule has 2 N–H and O–H groups in total. The summed E-state index contributed by atoms with van der Waals surface area (Å²) < 4.78 is 5.53. The summed E-state index contributed by atoms with van der Waals surface area (Å²) in [7, 11) is 0. The van der Waals surface area contributed by atoms with Crippen LogP contribution in [0.3, 0.4) is 0 Å². The second-order valence-electron chi connectivity index (χ2n) is 6.84. The van der Waals surface area contributed by atoms with E-state index < -0.39 is 5.41 Å². The molecule has 0 spiro atoms. The Hall–Kier alpha value is -2.53. The number of benzene rings is 2. The van der Waals surface area contributed by atoms with E-state index in [1.165, 1.54) is 0 Å². The highest BCUT2D eigenvalue weighted by Crippen LogP contribution is 2.18. The molecule has 0 saturated carbocycles. The number of amides is 2. The Bertz CT molecular complexity index is 767. The maximum atomic E-state index is 12.2. The van der Waals surface area contributed by atoms with Crippen molar-refractivity contribution in [1.82, 2.24) is 5.32 Å². The van der Waals surface area contributed by atoms with Crippen molar-refractivity contribution in [2.75, 3.05) is 18.5 Å². The molecular weight excluding hydrogens is 352 g/mol. The molecule has 0 heterocycles. The maximum Gasteiger partial charge on any atom is 0.251 e. The summed E-state index contributed by atoms with van der Waals surface area (Å²) in [6, 6.07) is 13.9. The molecule has 0 unspecified atom stereocenters. The van der Waals surface area contributed by atoms with Crippen molar-refractivity contribution in [1.29, 1.82) is 0 Å². The quantitative estimate of drug-likeness (QED) is 0.747. The third kappa shape index (κ3) is 6.08. The lowest BCUT2D eigenvalue weighted by molar-refractivity contribution is -0.123. The zero-order valence-corrected chi connectivity index (χ0v) is 15.9. The van der Waals surface area contributed by atoms with E-state index in [1.54, 1.807) is 48.5 Å². The second-order valence-corrected chi connectivity index (χ2v) is 7.28. The number of rotatable bonds is 6. The summed E-state index contributed by atoms with van der Waals surface area (Å²) in [6.45, 7) is 6.20. The zero-order valence-electron chi connectivity index (χ0n) is 15.1. The van der Waals surface area contributed by atoms with Crippen molar-refractivity contribution in [3.63, 3.8) is 0 Å². The van der Waals surface area contributed by atoms with Gasteiger partial charge in [0.25, 0.3) is 5.91 Å². The topological polar surface area (TPSA) is 67.4 Å². The molecular formula is C20H23ClN2O3. The van der Waals surface area contributed by atoms with E-state index in [2.05, 4.69) is 10.6 Å². The van der Waals surface area contributed by atoms with Gasteiger partial charge >= 0.3 is 0 Å². The molecule has 26 heavy (non-hydrogen) atoms. The molecule has 0 aliphatic heterocycles. The SMILES string of the molecule is CC(C)(C)C(=O)Nc1cccc(C(=O)NCCOc2ccc(Cl)cc2)c1. The minimum Gasteiger partial charge on any atom is -0.492 e. The van der Waals surface area contributed by atoms with Gasteiger partial charge in [-0.1, -0.05) is 38.4 Å². The van der Waals surface area contributed by atoms with Gasteiger partial charge in [-0.25, -0.2) is 0 Å². The van der Waals surface area contributed by atoms with Crippen LogP contribution in [0, 0.1) is 5.41 Å². The summed E-state index contributed by atoms with van der Waals surface area (Å²) in [6.07, 6.45) is 0. The average Bonchev–Trinajstić information content (AvgIpc) is 2.59. The third-order valence-electron chi connectivity index (χ3n) is 3.53. The van der Waals surface area contributed by atoms with Crippen LogP contribution in [0.2, 0.25) is 5.02 Å². The zero-order chi connectivity index (χ0) is 19.2. The predicted octanol–water partition coefficient (Wildman–Crippen LogP) is 4.13. The highest BCUT2D eigenvalue weighted by Gasteiger charge is 2.21. The number of hydrogen-bond acceptors (Lipinski definition) is 3. The number of ether oxygens (including phenoxy) is 1. The van der Waals surface area contributed by atoms with Crippen molar-refractivity contribution in [3.8, 4) is 5.75 Å². The van der Waals surface area contributed by atoms with E-state index >= 15 is 0 Å². The van der Waals surface area contributed by atoms with Gasteiger partial charge in [-0.2, -0.15) is 0 Å². The van der Waals surface area contributed by atoms with Crippen molar-refractivity contribution in [2.45, 2.75) is 20.8 Å². The summed E-state index contributed by atoms with van der Waals surface area (Å²) >= 11 is 5.81. The van der Waals surface area contributed by atoms with Gasteiger partial charge in [-0.15, -0.1) is 0 Å². The molecule has 0 bridgehead atoms. The highest BCUT2D eigenvalue weighted by molar-refractivity contribution is 6.30. The first-order valence-electron chi connectivity index (χ1n) is 8.34. The standard InChI is InChI=1S/C20H23ClN2O3/c1-20(2,3)19(25)23-16-6-4-5-14(13-16)18(24)22-11-12-26-17-9-7-15(21)8-10-17/h4-10,13H,11-12H2,1-3H3,(H,22,24)(H,23,25). The first-order chi connectivity index (χ1) is 12.3. The van der Waals surface area contributed by atoms with E-state index in [9.17, 15) is 9.59 Å². The molecule has 0 fully saturated rings. The van der Waals surface area contributed by atoms with Crippen LogP contribution in [0.25, 0.3) is 0 Å². The van der Waals surface area contributed by atoms with Gasteiger partial charge in [0.1, 0.15) is 12.4 Å². The fraction of sp³-hybridized carbons (Fsp3) is 0.300. The Morgan fingerprint density at radius 1 is 1.08 bits per heavy atom. The summed E-state index contributed by atoms with van der Waals surface area (Å²) in [5.41, 5.74) is 0.565. The molecule has 0 aliphatic carbocycles. The first kappa shape index (κ1) is 19.8. The lowest BCUT2D eigenvalue weighted by Gasteiger charge is -2.18. The lowest BCUT2D eigenvalue weighted by atomic mass is 9.95. The Balaban J connectivity index is 1.84. The first-order valence-corrected chi connectivity index (χ1v) is 8.71. The molecule has 2 amide bonds. The van der Waals surface area contributed by atoms with Crippen LogP contribution in [0.5, 0.6) is 5.75 Å². The van der Waals surface area contributed by atoms with Crippen molar-refractivity contribution in [3.05, 3.63) is 59.1 Å². The average molecular weight is 375 g/mol. The number of anilines is 1. The van der Waals surface area contributed by atoms with Gasteiger partial charge in [0, 0.05) is 21.7 Å². The number of carbonyl (C=O) groups excluding carboxylic acids is 2. The molecule has 0 radical (unpaired) electrons. The van der Waals surface area contributed by atoms with Crippen LogP contribution in [0.4, 0.5) is 5.69 Å². The Labute approximate surface area is 158 Å². The smallest absolute Gasteiger partial charge is 0.251 e. The molecule has 0 atom stereocenters. The fourth-order valence-electron chi connectivity index (χ4n) is 2.02. The Kier molecular flexibility index (Phi) is 6.64. The Morgan fingerprint density at radius 3 is 2.42 bits per heavy atom. The van der Waals surface area contributed by atoms with E-state index in [0.717, 1.165) is 0 Å². The van der Waals surface area contributed by atoms with Gasteiger partial charge in [-0.05, 0) is 42.5 Å². The molecule has 0 aliphatic rings. The third-order valence-corrected chi connectivity index (χ3v) is 3.79. The van der Waals surface area contributed by atoms with Crippen LogP contribution in [-0.2, 0) is 4.79 Å². The second kappa shape index (κ2) is 8.72. The minimum absolute atomic E-state index is 0.105. The van der Waals surface area contributed by atoms with Gasteiger partial charge in [0.15, 0.2) is 0 Å².